The lowest BCUT2D eigenvalue weighted by molar-refractivity contribution is 0.0872. The van der Waals surface area contributed by atoms with Crippen molar-refractivity contribution in [3.63, 3.8) is 0 Å². The van der Waals surface area contributed by atoms with Crippen molar-refractivity contribution >= 4 is 11.7 Å². The highest BCUT2D eigenvalue weighted by Crippen LogP contribution is 2.37. The Balaban J connectivity index is 1.80. The van der Waals surface area contributed by atoms with Crippen LogP contribution < -0.4 is 10.1 Å². The molecule has 7 nitrogen and oxygen atoms in total. The Morgan fingerprint density at radius 3 is 2.77 bits per heavy atom. The standard InChI is InChI=1S/C19H24N4O3/c1-12(2)20-19(24)26-16-10-5-13(3)18-17(16)21-22-23(18)11-14-6-8-15(25-4)9-7-14/h6-9,12,16H,3,5,10-11H2,1-2,4H3,(H,20,24). The molecule has 3 rings (SSSR count). The third-order valence-electron chi connectivity index (χ3n) is 4.26. The Bertz CT molecular complexity index is 796. The van der Waals surface area contributed by atoms with Crippen molar-refractivity contribution in [1.82, 2.24) is 20.3 Å². The number of fused-ring (bicyclic) bond motifs is 1. The van der Waals surface area contributed by atoms with Crippen molar-refractivity contribution in [2.45, 2.75) is 45.4 Å². The van der Waals surface area contributed by atoms with Crippen LogP contribution in [0.5, 0.6) is 5.75 Å². The maximum atomic E-state index is 11.9. The summed E-state index contributed by atoms with van der Waals surface area (Å²) in [6.07, 6.45) is 0.563. The van der Waals surface area contributed by atoms with Gasteiger partial charge in [0.05, 0.1) is 19.3 Å². The molecule has 0 spiro atoms. The number of allylic oxidation sites excluding steroid dienone is 1. The zero-order valence-electron chi connectivity index (χ0n) is 15.4. The fourth-order valence-corrected chi connectivity index (χ4v) is 3.00. The Labute approximate surface area is 153 Å². The molecule has 1 aliphatic carbocycles. The number of nitrogens with one attached hydrogen (secondary N) is 1. The molecule has 26 heavy (non-hydrogen) atoms. The van der Waals surface area contributed by atoms with Crippen molar-refractivity contribution in [1.29, 1.82) is 0 Å². The fourth-order valence-electron chi connectivity index (χ4n) is 3.00. The topological polar surface area (TPSA) is 78.3 Å². The van der Waals surface area contributed by atoms with Gasteiger partial charge in [0.2, 0.25) is 0 Å². The first-order valence-electron chi connectivity index (χ1n) is 8.69. The molecule has 2 aromatic rings. The first-order valence-corrected chi connectivity index (χ1v) is 8.69. The number of aromatic nitrogens is 3. The quantitative estimate of drug-likeness (QED) is 0.889. The summed E-state index contributed by atoms with van der Waals surface area (Å²) in [6.45, 7) is 8.49. The minimum absolute atomic E-state index is 0.0197. The number of hydrogen-bond acceptors (Lipinski definition) is 5. The molecule has 1 amide bonds. The molecule has 0 bridgehead atoms. The summed E-state index contributed by atoms with van der Waals surface area (Å²) in [4.78, 5) is 11.9. The molecule has 0 saturated heterocycles. The summed E-state index contributed by atoms with van der Waals surface area (Å²) < 4.78 is 12.5. The van der Waals surface area contributed by atoms with Crippen LogP contribution >= 0.6 is 0 Å². The third-order valence-corrected chi connectivity index (χ3v) is 4.26. The molecule has 1 heterocycles. The molecule has 1 atom stereocenters. The van der Waals surface area contributed by atoms with E-state index in [9.17, 15) is 4.79 Å². The van der Waals surface area contributed by atoms with Crippen molar-refractivity contribution in [3.05, 3.63) is 47.8 Å². The van der Waals surface area contributed by atoms with Crippen molar-refractivity contribution in [3.8, 4) is 5.75 Å². The van der Waals surface area contributed by atoms with Crippen LogP contribution in [0.2, 0.25) is 0 Å². The van der Waals surface area contributed by atoms with Crippen LogP contribution in [0.4, 0.5) is 4.79 Å². The minimum atomic E-state index is -0.437. The predicted molar refractivity (Wildman–Crippen MR) is 97.9 cm³/mol. The van der Waals surface area contributed by atoms with Gasteiger partial charge in [-0.05, 0) is 50.0 Å². The molecule has 0 fully saturated rings. The Kier molecular flexibility index (Phi) is 5.25. The summed E-state index contributed by atoms with van der Waals surface area (Å²) in [5.74, 6) is 0.809. The van der Waals surface area contributed by atoms with E-state index in [-0.39, 0.29) is 6.04 Å². The number of carbonyl (C=O) groups excluding carboxylic acids is 1. The number of amides is 1. The molecule has 1 N–H and O–H groups in total. The summed E-state index contributed by atoms with van der Waals surface area (Å²) in [7, 11) is 1.64. The van der Waals surface area contributed by atoms with Crippen molar-refractivity contribution < 1.29 is 14.3 Å². The average Bonchev–Trinajstić information content (AvgIpc) is 3.02. The molecule has 7 heteroatoms. The van der Waals surface area contributed by atoms with Gasteiger partial charge in [0.25, 0.3) is 0 Å². The number of hydrogen-bond donors (Lipinski definition) is 1. The van der Waals surface area contributed by atoms with Crippen LogP contribution in [-0.2, 0) is 11.3 Å². The van der Waals surface area contributed by atoms with E-state index in [4.69, 9.17) is 9.47 Å². The number of methoxy groups -OCH3 is 1. The molecule has 1 aromatic carbocycles. The molecular weight excluding hydrogens is 332 g/mol. The Morgan fingerprint density at radius 1 is 1.38 bits per heavy atom. The monoisotopic (exact) mass is 356 g/mol. The number of benzene rings is 1. The van der Waals surface area contributed by atoms with E-state index in [0.29, 0.717) is 18.7 Å². The fraction of sp³-hybridized carbons (Fsp3) is 0.421. The molecule has 1 aliphatic rings. The van der Waals surface area contributed by atoms with Crippen LogP contribution in [-0.4, -0.2) is 34.2 Å². The lowest BCUT2D eigenvalue weighted by Gasteiger charge is -2.24. The van der Waals surface area contributed by atoms with Gasteiger partial charge in [0, 0.05) is 6.04 Å². The maximum Gasteiger partial charge on any atom is 0.408 e. The SMILES string of the molecule is C=C1CCC(OC(=O)NC(C)C)c2nnn(Cc3ccc(OC)cc3)c21. The van der Waals surface area contributed by atoms with Crippen molar-refractivity contribution in [2.75, 3.05) is 7.11 Å². The molecule has 1 aromatic heterocycles. The Hall–Kier alpha value is -2.83. The molecule has 0 radical (unpaired) electrons. The van der Waals surface area contributed by atoms with Gasteiger partial charge in [-0.3, -0.25) is 0 Å². The van der Waals surface area contributed by atoms with Gasteiger partial charge in [-0.25, -0.2) is 9.48 Å². The van der Waals surface area contributed by atoms with Gasteiger partial charge < -0.3 is 14.8 Å². The summed E-state index contributed by atoms with van der Waals surface area (Å²) >= 11 is 0. The third kappa shape index (κ3) is 3.87. The van der Waals surface area contributed by atoms with Crippen LogP contribution in [0.25, 0.3) is 5.57 Å². The number of alkyl carbamates (subject to hydrolysis) is 1. The van der Waals surface area contributed by atoms with E-state index in [2.05, 4.69) is 22.2 Å². The average molecular weight is 356 g/mol. The maximum absolute atomic E-state index is 11.9. The lowest BCUT2D eigenvalue weighted by Crippen LogP contribution is -2.32. The van der Waals surface area contributed by atoms with E-state index in [1.807, 2.05) is 42.8 Å². The lowest BCUT2D eigenvalue weighted by atomic mass is 9.94. The first kappa shape index (κ1) is 18.0. The van der Waals surface area contributed by atoms with E-state index < -0.39 is 12.2 Å². The van der Waals surface area contributed by atoms with Gasteiger partial charge in [0.15, 0.2) is 0 Å². The number of nitrogens with zero attached hydrogens (tertiary/aromatic N) is 3. The largest absolute Gasteiger partial charge is 0.497 e. The van der Waals surface area contributed by atoms with Gasteiger partial charge >= 0.3 is 6.09 Å². The Morgan fingerprint density at radius 2 is 2.12 bits per heavy atom. The molecule has 0 aliphatic heterocycles. The smallest absolute Gasteiger partial charge is 0.408 e. The second kappa shape index (κ2) is 7.59. The van der Waals surface area contributed by atoms with E-state index in [0.717, 1.165) is 29.0 Å². The summed E-state index contributed by atoms with van der Waals surface area (Å²) in [5.41, 5.74) is 3.57. The van der Waals surface area contributed by atoms with Gasteiger partial charge in [-0.1, -0.05) is 23.9 Å². The molecule has 1 unspecified atom stereocenters. The minimum Gasteiger partial charge on any atom is -0.497 e. The van der Waals surface area contributed by atoms with Gasteiger partial charge in [-0.2, -0.15) is 0 Å². The van der Waals surface area contributed by atoms with Crippen LogP contribution in [0.15, 0.2) is 30.8 Å². The summed E-state index contributed by atoms with van der Waals surface area (Å²) in [5, 5.41) is 11.3. The zero-order valence-corrected chi connectivity index (χ0v) is 15.4. The number of rotatable bonds is 5. The highest BCUT2D eigenvalue weighted by Gasteiger charge is 2.31. The second-order valence-electron chi connectivity index (χ2n) is 6.66. The highest BCUT2D eigenvalue weighted by atomic mass is 16.6. The van der Waals surface area contributed by atoms with Crippen molar-refractivity contribution in [2.24, 2.45) is 0 Å². The number of ether oxygens (including phenoxy) is 2. The van der Waals surface area contributed by atoms with E-state index in [1.54, 1.807) is 7.11 Å². The van der Waals surface area contributed by atoms with Crippen LogP contribution in [0.1, 0.15) is 49.7 Å². The van der Waals surface area contributed by atoms with E-state index >= 15 is 0 Å². The molecule has 0 saturated carbocycles. The first-order chi connectivity index (χ1) is 12.5. The number of carbonyl (C=O) groups is 1. The van der Waals surface area contributed by atoms with Crippen LogP contribution in [0.3, 0.4) is 0 Å². The van der Waals surface area contributed by atoms with E-state index in [1.165, 1.54) is 0 Å². The molecule has 138 valence electrons. The predicted octanol–water partition coefficient (Wildman–Crippen LogP) is 3.32. The van der Waals surface area contributed by atoms with Crippen LogP contribution in [0, 0.1) is 0 Å². The highest BCUT2D eigenvalue weighted by molar-refractivity contribution is 5.69. The zero-order chi connectivity index (χ0) is 18.7. The van der Waals surface area contributed by atoms with Gasteiger partial charge in [0.1, 0.15) is 17.5 Å². The second-order valence-corrected chi connectivity index (χ2v) is 6.66. The normalized spacial score (nSPS) is 16.3. The van der Waals surface area contributed by atoms with Gasteiger partial charge in [-0.15, -0.1) is 5.10 Å². The molecular formula is C19H24N4O3. The summed E-state index contributed by atoms with van der Waals surface area (Å²) in [6, 6.07) is 7.82.